The van der Waals surface area contributed by atoms with E-state index in [1.165, 1.54) is 11.1 Å². The van der Waals surface area contributed by atoms with E-state index >= 15 is 0 Å². The Bertz CT molecular complexity index is 861. The molecule has 0 radical (unpaired) electrons. The van der Waals surface area contributed by atoms with Crippen molar-refractivity contribution in [3.63, 3.8) is 0 Å². The van der Waals surface area contributed by atoms with E-state index in [1.54, 1.807) is 11.3 Å². The Hall–Kier alpha value is -2.63. The molecule has 1 fully saturated rings. The molecule has 4 rings (SSSR count). The number of carbonyl (C=O) groups is 1. The number of nitrogens with zero attached hydrogens (tertiary/aromatic N) is 3. The van der Waals surface area contributed by atoms with E-state index in [1.807, 2.05) is 35.5 Å². The second-order valence-corrected chi connectivity index (χ2v) is 8.18. The number of aromatic nitrogens is 1. The summed E-state index contributed by atoms with van der Waals surface area (Å²) in [5.74, 6) is 0.245. The summed E-state index contributed by atoms with van der Waals surface area (Å²) < 4.78 is 2.14. The first kappa shape index (κ1) is 19.7. The Labute approximate surface area is 176 Å². The average molecular weight is 406 g/mol. The van der Waals surface area contributed by atoms with Crippen LogP contribution in [0.4, 0.5) is 0 Å². The number of hydrogen-bond donors (Lipinski definition) is 0. The lowest BCUT2D eigenvalue weighted by atomic mass is 10.1. The van der Waals surface area contributed by atoms with E-state index in [-0.39, 0.29) is 11.9 Å². The fourth-order valence-corrected chi connectivity index (χ4v) is 4.50. The third-order valence-electron chi connectivity index (χ3n) is 5.48. The van der Waals surface area contributed by atoms with Gasteiger partial charge in [0.15, 0.2) is 0 Å². The Morgan fingerprint density at radius 2 is 1.76 bits per heavy atom. The number of rotatable bonds is 7. The van der Waals surface area contributed by atoms with Crippen molar-refractivity contribution in [1.29, 1.82) is 0 Å². The molecule has 0 N–H and O–H groups in total. The van der Waals surface area contributed by atoms with Crippen molar-refractivity contribution in [1.82, 2.24) is 14.4 Å². The molecule has 1 amide bonds. The van der Waals surface area contributed by atoms with Crippen LogP contribution in [0.2, 0.25) is 0 Å². The summed E-state index contributed by atoms with van der Waals surface area (Å²) in [7, 11) is 0. The summed E-state index contributed by atoms with van der Waals surface area (Å²) >= 11 is 1.68. The molecule has 0 spiro atoms. The Morgan fingerprint density at radius 1 is 1.00 bits per heavy atom. The van der Waals surface area contributed by atoms with Crippen molar-refractivity contribution in [2.24, 2.45) is 0 Å². The molecule has 2 aromatic heterocycles. The minimum absolute atomic E-state index is 0.0792. The monoisotopic (exact) mass is 405 g/mol. The third kappa shape index (κ3) is 5.25. The van der Waals surface area contributed by atoms with Gasteiger partial charge in [0, 0.05) is 45.1 Å². The van der Waals surface area contributed by atoms with Crippen molar-refractivity contribution in [3.05, 3.63) is 88.9 Å². The molecule has 3 aromatic rings. The minimum Gasteiger partial charge on any atom is -0.346 e. The lowest BCUT2D eigenvalue weighted by molar-refractivity contribution is -0.133. The number of thiophene rings is 1. The van der Waals surface area contributed by atoms with Gasteiger partial charge in [0.05, 0.1) is 12.5 Å². The molecule has 1 aliphatic rings. The van der Waals surface area contributed by atoms with Crippen LogP contribution in [0.5, 0.6) is 0 Å². The molecule has 3 heterocycles. The van der Waals surface area contributed by atoms with Crippen LogP contribution in [0.3, 0.4) is 0 Å². The molecule has 5 heteroatoms. The van der Waals surface area contributed by atoms with Crippen LogP contribution in [0.1, 0.15) is 23.6 Å². The van der Waals surface area contributed by atoms with Crippen molar-refractivity contribution >= 4 is 23.3 Å². The van der Waals surface area contributed by atoms with Crippen LogP contribution >= 0.6 is 11.3 Å². The number of carbonyl (C=O) groups excluding carboxylic acids is 1. The van der Waals surface area contributed by atoms with E-state index in [0.29, 0.717) is 6.42 Å². The minimum atomic E-state index is 0.0792. The van der Waals surface area contributed by atoms with Crippen molar-refractivity contribution in [2.75, 3.05) is 32.7 Å². The standard InChI is InChI=1S/C24H27N3OS/c28-24(19-23(22-10-18-29-20-22)26-12-4-5-13-26)27-16-14-25(15-17-27)11-6-9-21-7-2-1-3-8-21/h1-10,12-13,18,20,23H,11,14-17,19H2. The lowest BCUT2D eigenvalue weighted by Crippen LogP contribution is -2.49. The second kappa shape index (κ2) is 9.72. The quantitative estimate of drug-likeness (QED) is 0.583. The molecular weight excluding hydrogens is 378 g/mol. The third-order valence-corrected chi connectivity index (χ3v) is 6.18. The Morgan fingerprint density at radius 3 is 2.45 bits per heavy atom. The zero-order valence-electron chi connectivity index (χ0n) is 16.6. The van der Waals surface area contributed by atoms with Gasteiger partial charge < -0.3 is 9.47 Å². The summed E-state index contributed by atoms with van der Waals surface area (Å²) in [4.78, 5) is 17.4. The molecule has 1 atom stereocenters. The molecule has 0 bridgehead atoms. The van der Waals surface area contributed by atoms with Crippen molar-refractivity contribution in [2.45, 2.75) is 12.5 Å². The first-order valence-electron chi connectivity index (χ1n) is 10.2. The molecule has 4 nitrogen and oxygen atoms in total. The Balaban J connectivity index is 1.29. The van der Waals surface area contributed by atoms with E-state index in [9.17, 15) is 4.79 Å². The summed E-state index contributed by atoms with van der Waals surface area (Å²) in [6.45, 7) is 4.40. The van der Waals surface area contributed by atoms with Gasteiger partial charge in [-0.15, -0.1) is 0 Å². The summed E-state index contributed by atoms with van der Waals surface area (Å²) in [5.41, 5.74) is 2.44. The number of benzene rings is 1. The molecule has 1 unspecified atom stereocenters. The maximum Gasteiger partial charge on any atom is 0.225 e. The van der Waals surface area contributed by atoms with Crippen LogP contribution in [-0.4, -0.2) is 53.0 Å². The number of hydrogen-bond acceptors (Lipinski definition) is 3. The van der Waals surface area contributed by atoms with Gasteiger partial charge in [0.1, 0.15) is 0 Å². The summed E-state index contributed by atoms with van der Waals surface area (Å²) in [5, 5.41) is 4.23. The van der Waals surface area contributed by atoms with E-state index < -0.39 is 0 Å². The SMILES string of the molecule is O=C(CC(c1ccsc1)n1cccc1)N1CCN(CC=Cc2ccccc2)CC1. The maximum atomic E-state index is 13.0. The van der Waals surface area contributed by atoms with Crippen molar-refractivity contribution < 1.29 is 4.79 Å². The molecule has 1 aliphatic heterocycles. The molecule has 0 saturated carbocycles. The number of amides is 1. The van der Waals surface area contributed by atoms with Gasteiger partial charge in [-0.3, -0.25) is 9.69 Å². The zero-order valence-corrected chi connectivity index (χ0v) is 17.4. The van der Waals surface area contributed by atoms with Gasteiger partial charge in [-0.1, -0.05) is 42.5 Å². The van der Waals surface area contributed by atoms with Gasteiger partial charge >= 0.3 is 0 Å². The second-order valence-electron chi connectivity index (χ2n) is 7.40. The highest BCUT2D eigenvalue weighted by Gasteiger charge is 2.24. The first-order valence-corrected chi connectivity index (χ1v) is 11.1. The maximum absolute atomic E-state index is 13.0. The van der Waals surface area contributed by atoms with Crippen molar-refractivity contribution in [3.8, 4) is 0 Å². The molecule has 1 saturated heterocycles. The normalized spacial score (nSPS) is 16.3. The van der Waals surface area contributed by atoms with E-state index in [2.05, 4.69) is 62.7 Å². The molecular formula is C24H27N3OS. The van der Waals surface area contributed by atoms with Crippen LogP contribution in [0, 0.1) is 0 Å². The van der Waals surface area contributed by atoms with E-state index in [4.69, 9.17) is 0 Å². The fraction of sp³-hybridized carbons (Fsp3) is 0.292. The van der Waals surface area contributed by atoms with Crippen LogP contribution < -0.4 is 0 Å². The predicted octanol–water partition coefficient (Wildman–Crippen LogP) is 4.39. The first-order chi connectivity index (χ1) is 14.3. The topological polar surface area (TPSA) is 28.5 Å². The van der Waals surface area contributed by atoms with Crippen LogP contribution in [0.25, 0.3) is 6.08 Å². The lowest BCUT2D eigenvalue weighted by Gasteiger charge is -2.35. The van der Waals surface area contributed by atoms with Gasteiger partial charge in [0.25, 0.3) is 0 Å². The highest BCUT2D eigenvalue weighted by Crippen LogP contribution is 2.25. The highest BCUT2D eigenvalue weighted by atomic mass is 32.1. The smallest absolute Gasteiger partial charge is 0.225 e. The molecule has 150 valence electrons. The zero-order chi connectivity index (χ0) is 19.9. The van der Waals surface area contributed by atoms with Gasteiger partial charge in [-0.25, -0.2) is 0 Å². The Kier molecular flexibility index (Phi) is 6.60. The van der Waals surface area contributed by atoms with E-state index in [0.717, 1.165) is 32.7 Å². The molecule has 29 heavy (non-hydrogen) atoms. The van der Waals surface area contributed by atoms with Crippen LogP contribution in [0.15, 0.2) is 77.8 Å². The summed E-state index contributed by atoms with van der Waals surface area (Å²) in [6, 6.07) is 16.6. The largest absolute Gasteiger partial charge is 0.346 e. The highest BCUT2D eigenvalue weighted by molar-refractivity contribution is 7.08. The predicted molar refractivity (Wildman–Crippen MR) is 120 cm³/mol. The van der Waals surface area contributed by atoms with Gasteiger partial charge in [-0.2, -0.15) is 11.3 Å². The van der Waals surface area contributed by atoms with Gasteiger partial charge in [0.2, 0.25) is 5.91 Å². The molecule has 0 aliphatic carbocycles. The number of piperazine rings is 1. The average Bonchev–Trinajstić information content (AvgIpc) is 3.48. The summed E-state index contributed by atoms with van der Waals surface area (Å²) in [6.07, 6.45) is 8.99. The molecule has 1 aromatic carbocycles. The van der Waals surface area contributed by atoms with Gasteiger partial charge in [-0.05, 0) is 40.1 Å². The van der Waals surface area contributed by atoms with Crippen LogP contribution in [-0.2, 0) is 4.79 Å². The fourth-order valence-electron chi connectivity index (χ4n) is 3.79.